The highest BCUT2D eigenvalue weighted by Gasteiger charge is 2.17. The summed E-state index contributed by atoms with van der Waals surface area (Å²) in [5.74, 6) is -1.19. The number of aryl methyl sites for hydroxylation is 1. The van der Waals surface area contributed by atoms with E-state index in [-0.39, 0.29) is 10.5 Å². The van der Waals surface area contributed by atoms with E-state index in [1.807, 2.05) is 0 Å². The molecule has 0 unspecified atom stereocenters. The first kappa shape index (κ1) is 15.3. The van der Waals surface area contributed by atoms with Crippen molar-refractivity contribution in [1.29, 1.82) is 0 Å². The van der Waals surface area contributed by atoms with Crippen molar-refractivity contribution in [3.63, 3.8) is 0 Å². The van der Waals surface area contributed by atoms with Gasteiger partial charge in [0.1, 0.15) is 0 Å². The minimum atomic E-state index is -3.86. The number of nitrogens with one attached hydrogen (secondary N) is 1. The molecular weight excluding hydrogens is 314 g/mol. The number of anilines is 1. The van der Waals surface area contributed by atoms with Gasteiger partial charge < -0.3 is 5.11 Å². The first-order chi connectivity index (χ1) is 9.79. The van der Waals surface area contributed by atoms with Crippen molar-refractivity contribution < 1.29 is 18.3 Å². The first-order valence-electron chi connectivity index (χ1n) is 5.92. The Hall–Kier alpha value is -2.05. The summed E-state index contributed by atoms with van der Waals surface area (Å²) in [5.41, 5.74) is 0.964. The summed E-state index contributed by atoms with van der Waals surface area (Å²) >= 11 is 5.82. The number of hydrogen-bond donors (Lipinski definition) is 2. The molecule has 0 saturated heterocycles. The van der Waals surface area contributed by atoms with Crippen molar-refractivity contribution in [3.8, 4) is 0 Å². The van der Waals surface area contributed by atoms with Gasteiger partial charge >= 0.3 is 5.97 Å². The molecule has 7 heteroatoms. The molecule has 0 aliphatic heterocycles. The first-order valence-corrected chi connectivity index (χ1v) is 7.78. The van der Waals surface area contributed by atoms with Crippen molar-refractivity contribution in [1.82, 2.24) is 0 Å². The van der Waals surface area contributed by atoms with Gasteiger partial charge in [0.05, 0.1) is 16.1 Å². The second-order valence-corrected chi connectivity index (χ2v) is 6.52. The van der Waals surface area contributed by atoms with Gasteiger partial charge in [-0.05, 0) is 48.9 Å². The van der Waals surface area contributed by atoms with Crippen molar-refractivity contribution in [3.05, 3.63) is 58.6 Å². The van der Waals surface area contributed by atoms with E-state index in [9.17, 15) is 13.2 Å². The molecule has 0 atom stereocenters. The van der Waals surface area contributed by atoms with Crippen LogP contribution in [0.3, 0.4) is 0 Å². The number of sulfonamides is 1. The van der Waals surface area contributed by atoms with Crippen molar-refractivity contribution in [2.45, 2.75) is 11.8 Å². The molecule has 0 spiro atoms. The summed E-state index contributed by atoms with van der Waals surface area (Å²) in [6.45, 7) is 1.72. The molecule has 0 heterocycles. The minimum absolute atomic E-state index is 0.0919. The monoisotopic (exact) mass is 325 g/mol. The molecule has 0 aromatic heterocycles. The zero-order valence-electron chi connectivity index (χ0n) is 11.0. The maximum atomic E-state index is 12.3. The molecule has 0 fully saturated rings. The van der Waals surface area contributed by atoms with E-state index in [2.05, 4.69) is 4.72 Å². The number of carbonyl (C=O) groups is 1. The van der Waals surface area contributed by atoms with Crippen LogP contribution < -0.4 is 4.72 Å². The highest BCUT2D eigenvalue weighted by atomic mass is 35.5. The molecular formula is C14H12ClNO4S. The van der Waals surface area contributed by atoms with Crippen LogP contribution in [-0.2, 0) is 10.0 Å². The van der Waals surface area contributed by atoms with Gasteiger partial charge in [-0.2, -0.15) is 0 Å². The Morgan fingerprint density at radius 3 is 2.52 bits per heavy atom. The van der Waals surface area contributed by atoms with Crippen LogP contribution in [0.25, 0.3) is 0 Å². The lowest BCUT2D eigenvalue weighted by Crippen LogP contribution is -2.14. The van der Waals surface area contributed by atoms with Crippen LogP contribution in [0, 0.1) is 6.92 Å². The molecule has 0 aliphatic carbocycles. The molecule has 2 rings (SSSR count). The molecule has 0 bridgehead atoms. The molecule has 21 heavy (non-hydrogen) atoms. The van der Waals surface area contributed by atoms with Gasteiger partial charge in [0.2, 0.25) is 0 Å². The van der Waals surface area contributed by atoms with Gasteiger partial charge in [0.25, 0.3) is 10.0 Å². The van der Waals surface area contributed by atoms with E-state index in [0.717, 1.165) is 6.07 Å². The van der Waals surface area contributed by atoms with Crippen LogP contribution in [-0.4, -0.2) is 19.5 Å². The van der Waals surface area contributed by atoms with Crippen molar-refractivity contribution >= 4 is 33.3 Å². The number of carboxylic acid groups (broad SMARTS) is 1. The standard InChI is InChI=1S/C14H12ClNO4S/c1-9-7-11(15)5-6-13(9)16-21(19,20)12-4-2-3-10(8-12)14(17)18/h2-8,16H,1H3,(H,17,18). The van der Waals surface area contributed by atoms with Crippen LogP contribution in [0.5, 0.6) is 0 Å². The molecule has 0 saturated carbocycles. The molecule has 0 aliphatic rings. The SMILES string of the molecule is Cc1cc(Cl)ccc1NS(=O)(=O)c1cccc(C(=O)O)c1. The number of halogens is 1. The summed E-state index contributed by atoms with van der Waals surface area (Å²) in [5, 5.41) is 9.41. The van der Waals surface area contributed by atoms with Crippen LogP contribution in [0.2, 0.25) is 5.02 Å². The Bertz CT molecular complexity index is 802. The van der Waals surface area contributed by atoms with Crippen LogP contribution >= 0.6 is 11.6 Å². The van der Waals surface area contributed by atoms with E-state index < -0.39 is 16.0 Å². The smallest absolute Gasteiger partial charge is 0.335 e. The number of carboxylic acids is 1. The van der Waals surface area contributed by atoms with Crippen molar-refractivity contribution in [2.24, 2.45) is 0 Å². The third kappa shape index (κ3) is 3.53. The fourth-order valence-corrected chi connectivity index (χ4v) is 3.14. The number of rotatable bonds is 4. The highest BCUT2D eigenvalue weighted by Crippen LogP contribution is 2.23. The molecule has 5 nitrogen and oxygen atoms in total. The average Bonchev–Trinajstić information content (AvgIpc) is 2.42. The van der Waals surface area contributed by atoms with Crippen LogP contribution in [0.1, 0.15) is 15.9 Å². The highest BCUT2D eigenvalue weighted by molar-refractivity contribution is 7.92. The number of benzene rings is 2. The van der Waals surface area contributed by atoms with Gasteiger partial charge in [-0.25, -0.2) is 13.2 Å². The topological polar surface area (TPSA) is 83.5 Å². The fraction of sp³-hybridized carbons (Fsp3) is 0.0714. The van der Waals surface area contributed by atoms with Crippen molar-refractivity contribution in [2.75, 3.05) is 4.72 Å². The number of hydrogen-bond acceptors (Lipinski definition) is 3. The zero-order valence-corrected chi connectivity index (χ0v) is 12.6. The summed E-state index contributed by atoms with van der Waals surface area (Å²) in [6, 6.07) is 9.90. The Morgan fingerprint density at radius 1 is 1.19 bits per heavy atom. The number of aromatic carboxylic acids is 1. The van der Waals surface area contributed by atoms with E-state index in [4.69, 9.17) is 16.7 Å². The second-order valence-electron chi connectivity index (χ2n) is 4.40. The predicted molar refractivity (Wildman–Crippen MR) is 80.4 cm³/mol. The maximum absolute atomic E-state index is 12.3. The van der Waals surface area contributed by atoms with Gasteiger partial charge in [-0.15, -0.1) is 0 Å². The van der Waals surface area contributed by atoms with E-state index in [1.54, 1.807) is 25.1 Å². The molecule has 0 amide bonds. The predicted octanol–water partition coefficient (Wildman–Crippen LogP) is 3.15. The molecule has 0 radical (unpaired) electrons. The zero-order chi connectivity index (χ0) is 15.6. The third-order valence-electron chi connectivity index (χ3n) is 2.82. The summed E-state index contributed by atoms with van der Waals surface area (Å²) in [4.78, 5) is 10.8. The van der Waals surface area contributed by atoms with E-state index in [1.165, 1.54) is 18.2 Å². The average molecular weight is 326 g/mol. The van der Waals surface area contributed by atoms with E-state index >= 15 is 0 Å². The largest absolute Gasteiger partial charge is 0.478 e. The van der Waals surface area contributed by atoms with E-state index in [0.29, 0.717) is 16.3 Å². The van der Waals surface area contributed by atoms with Gasteiger partial charge in [0.15, 0.2) is 0 Å². The summed E-state index contributed by atoms with van der Waals surface area (Å²) < 4.78 is 27.0. The Morgan fingerprint density at radius 2 is 1.90 bits per heavy atom. The van der Waals surface area contributed by atoms with Crippen LogP contribution in [0.4, 0.5) is 5.69 Å². The molecule has 2 aromatic rings. The lowest BCUT2D eigenvalue weighted by Gasteiger charge is -2.11. The minimum Gasteiger partial charge on any atom is -0.478 e. The Labute approximate surface area is 127 Å². The second kappa shape index (κ2) is 5.75. The maximum Gasteiger partial charge on any atom is 0.335 e. The summed E-state index contributed by atoms with van der Waals surface area (Å²) in [6.07, 6.45) is 0. The summed E-state index contributed by atoms with van der Waals surface area (Å²) in [7, 11) is -3.86. The van der Waals surface area contributed by atoms with Gasteiger partial charge in [-0.1, -0.05) is 17.7 Å². The fourth-order valence-electron chi connectivity index (χ4n) is 1.74. The van der Waals surface area contributed by atoms with Gasteiger partial charge in [-0.3, -0.25) is 4.72 Å². The normalized spacial score (nSPS) is 11.1. The lowest BCUT2D eigenvalue weighted by molar-refractivity contribution is 0.0696. The molecule has 2 aromatic carbocycles. The van der Waals surface area contributed by atoms with Crippen LogP contribution in [0.15, 0.2) is 47.4 Å². The molecule has 2 N–H and O–H groups in total. The Balaban J connectivity index is 2.38. The van der Waals surface area contributed by atoms with Gasteiger partial charge in [0, 0.05) is 5.02 Å². The quantitative estimate of drug-likeness (QED) is 0.904. The molecule has 110 valence electrons. The lowest BCUT2D eigenvalue weighted by atomic mass is 10.2. The Kier molecular flexibility index (Phi) is 4.20. The third-order valence-corrected chi connectivity index (χ3v) is 4.42.